The number of nitrogens with zero attached hydrogens (tertiary/aromatic N) is 3. The van der Waals surface area contributed by atoms with E-state index in [4.69, 9.17) is 35.5 Å². The molecular formula is C72H121ClN8O25. The number of ketones is 4. The maximum Gasteiger partial charge on any atom is 0.519 e. The van der Waals surface area contributed by atoms with E-state index in [0.29, 0.717) is 36.9 Å². The van der Waals surface area contributed by atoms with Gasteiger partial charge < -0.3 is 95.3 Å². The van der Waals surface area contributed by atoms with E-state index in [2.05, 4.69) is 34.9 Å². The van der Waals surface area contributed by atoms with Crippen LogP contribution in [0.5, 0.6) is 11.5 Å². The Kier molecular flexibility index (Phi) is 51.8. The number of phenols is 2. The van der Waals surface area contributed by atoms with Crippen molar-refractivity contribution < 1.29 is 120 Å². The first-order chi connectivity index (χ1) is 47.8. The molecule has 4 bridgehead atoms. The van der Waals surface area contributed by atoms with E-state index in [0.717, 1.165) is 9.80 Å². The fourth-order valence-corrected chi connectivity index (χ4v) is 8.37. The van der Waals surface area contributed by atoms with Crippen molar-refractivity contribution in [3.63, 3.8) is 0 Å². The number of rotatable bonds is 21. The Morgan fingerprint density at radius 1 is 0.632 bits per heavy atom. The number of benzene rings is 2. The number of hydrogen-bond donors (Lipinski definition) is 8. The van der Waals surface area contributed by atoms with Crippen molar-refractivity contribution in [2.75, 3.05) is 95.8 Å². The Morgan fingerprint density at radius 3 is 1.48 bits per heavy atom. The first kappa shape index (κ1) is 106. The SMILES string of the molecule is C.CC(C)(C)OC(=O)OC(=O)OC(C)(C)C.CN(CC(=O)O)C(=O)OC(C)(C)C.CNCC(=O)C[C@@H](CCCCN)C(=O)N(C)[C@@H]1C(=O)C[C@@H](C)C(=O)N[C@H](C(=O)C[C@@H](C)C(C)=O)Cc2ccc(O)c(c2)-c2cc1ccc2O.CNCC(=O)OC.COC(=O)CN.COC(=O)CN(C)C(=O)OC(C)(C)C.Cl. The molecule has 0 fully saturated rings. The number of carboxylic acid groups (broad SMARTS) is 1. The molecule has 2 aromatic rings. The average Bonchev–Trinajstić information content (AvgIpc) is 0.785. The van der Waals surface area contributed by atoms with Crippen LogP contribution in [-0.4, -0.2) is 238 Å². The Bertz CT molecular complexity index is 3120. The number of Topliss-reactive ketones (excluding diaryl/α,β-unsaturated/α-hetero) is 4. The summed E-state index contributed by atoms with van der Waals surface area (Å²) < 4.78 is 36.6. The number of methoxy groups -OCH3 is 3. The molecule has 1 heterocycles. The van der Waals surface area contributed by atoms with Gasteiger partial charge in [0.1, 0.15) is 64.6 Å². The molecule has 0 radical (unpaired) electrons. The number of nitrogens with two attached hydrogens (primary N) is 2. The number of aromatic hydroxyl groups is 2. The molecule has 0 saturated heterocycles. The zero-order chi connectivity index (χ0) is 81.4. The second-order valence-corrected chi connectivity index (χ2v) is 27.8. The highest BCUT2D eigenvalue weighted by molar-refractivity contribution is 5.97. The molecule has 2 aromatic carbocycles. The third-order valence-electron chi connectivity index (χ3n) is 13.5. The van der Waals surface area contributed by atoms with E-state index in [1.807, 2.05) is 0 Å². The van der Waals surface area contributed by atoms with Crippen LogP contribution in [-0.2, 0) is 92.3 Å². The molecule has 4 amide bonds. The molecule has 606 valence electrons. The zero-order valence-electron chi connectivity index (χ0n) is 65.3. The van der Waals surface area contributed by atoms with E-state index in [-0.39, 0.29) is 130 Å². The summed E-state index contributed by atoms with van der Waals surface area (Å²) in [5.41, 5.74) is 9.28. The Labute approximate surface area is 630 Å². The first-order valence-electron chi connectivity index (χ1n) is 33.2. The third kappa shape index (κ3) is 48.1. The molecule has 0 aliphatic carbocycles. The first-order valence-corrected chi connectivity index (χ1v) is 33.2. The van der Waals surface area contributed by atoms with Gasteiger partial charge in [0.15, 0.2) is 11.6 Å². The summed E-state index contributed by atoms with van der Waals surface area (Å²) in [6.45, 7) is 25.4. The van der Waals surface area contributed by atoms with Gasteiger partial charge in [-0.2, -0.15) is 0 Å². The van der Waals surface area contributed by atoms with Crippen molar-refractivity contribution in [1.82, 2.24) is 30.7 Å². The Hall–Kier alpha value is -9.05. The molecule has 106 heavy (non-hydrogen) atoms. The van der Waals surface area contributed by atoms with Gasteiger partial charge in [-0.15, -0.1) is 12.4 Å². The summed E-state index contributed by atoms with van der Waals surface area (Å²) in [4.78, 5) is 169. The number of likely N-dealkylation sites (N-methyl/N-ethyl adjacent to an activating group) is 5. The number of carbonyl (C=O) groups excluding carboxylic acids is 13. The highest BCUT2D eigenvalue weighted by Gasteiger charge is 2.37. The summed E-state index contributed by atoms with van der Waals surface area (Å²) in [5, 5.41) is 38.5. The molecule has 10 N–H and O–H groups in total. The van der Waals surface area contributed by atoms with Crippen molar-refractivity contribution in [3.05, 3.63) is 47.5 Å². The summed E-state index contributed by atoms with van der Waals surface area (Å²) in [6, 6.07) is 6.80. The van der Waals surface area contributed by atoms with E-state index in [1.54, 1.807) is 123 Å². The van der Waals surface area contributed by atoms with Gasteiger partial charge in [-0.1, -0.05) is 39.8 Å². The predicted molar refractivity (Wildman–Crippen MR) is 396 cm³/mol. The van der Waals surface area contributed by atoms with Crippen LogP contribution in [0.2, 0.25) is 0 Å². The number of fused-ring (bicyclic) bond motifs is 5. The molecule has 5 atom stereocenters. The molecule has 0 aromatic heterocycles. The second-order valence-electron chi connectivity index (χ2n) is 27.8. The number of nitrogens with one attached hydrogen (secondary N) is 3. The number of halogens is 1. The van der Waals surface area contributed by atoms with Crippen LogP contribution in [0.15, 0.2) is 36.4 Å². The molecule has 0 spiro atoms. The van der Waals surface area contributed by atoms with Crippen LogP contribution in [0.4, 0.5) is 19.2 Å². The number of ether oxygens (including phenoxy) is 8. The number of hydrogen-bond acceptors (Lipinski definition) is 28. The maximum atomic E-state index is 14.2. The molecule has 3 rings (SSSR count). The number of unbranched alkanes of at least 4 members (excludes halogenated alkanes) is 1. The molecule has 33 nitrogen and oxygen atoms in total. The van der Waals surface area contributed by atoms with Crippen LogP contribution in [0, 0.1) is 17.8 Å². The summed E-state index contributed by atoms with van der Waals surface area (Å²) in [7, 11) is 11.6. The normalized spacial score (nSPS) is 14.3. The van der Waals surface area contributed by atoms with Crippen molar-refractivity contribution >= 4 is 95.7 Å². The number of carboxylic acids is 1. The molecule has 0 saturated carbocycles. The number of esters is 3. The van der Waals surface area contributed by atoms with Crippen LogP contribution in [0.25, 0.3) is 11.1 Å². The minimum atomic E-state index is -1.21. The molecular weight excluding hydrogens is 1410 g/mol. The van der Waals surface area contributed by atoms with Gasteiger partial charge in [0.05, 0.1) is 47.0 Å². The quantitative estimate of drug-likeness (QED) is 0.0261. The van der Waals surface area contributed by atoms with Crippen LogP contribution in [0.1, 0.15) is 167 Å². The van der Waals surface area contributed by atoms with E-state index in [9.17, 15) is 77.3 Å². The minimum absolute atomic E-state index is 0. The highest BCUT2D eigenvalue weighted by atomic mass is 35.5. The average molecular weight is 1530 g/mol. The van der Waals surface area contributed by atoms with Gasteiger partial charge in [0, 0.05) is 69.3 Å². The van der Waals surface area contributed by atoms with Crippen molar-refractivity contribution in [3.8, 4) is 22.6 Å². The molecule has 0 unspecified atom stereocenters. The number of carbonyl (C=O) groups is 14. The van der Waals surface area contributed by atoms with Gasteiger partial charge in [0.25, 0.3) is 0 Å². The lowest BCUT2D eigenvalue weighted by Crippen LogP contribution is -2.46. The topological polar surface area (TPSA) is 471 Å². The van der Waals surface area contributed by atoms with Crippen LogP contribution in [0.3, 0.4) is 0 Å². The van der Waals surface area contributed by atoms with Gasteiger partial charge in [-0.25, -0.2) is 19.2 Å². The largest absolute Gasteiger partial charge is 0.519 e. The molecule has 34 heteroatoms. The minimum Gasteiger partial charge on any atom is -0.507 e. The van der Waals surface area contributed by atoms with Crippen LogP contribution < -0.4 is 27.4 Å². The Balaban J connectivity index is -0.000000481. The summed E-state index contributed by atoms with van der Waals surface area (Å²) in [6.07, 6.45) is -2.02. The van der Waals surface area contributed by atoms with Crippen molar-refractivity contribution in [1.29, 1.82) is 0 Å². The Morgan fingerprint density at radius 2 is 1.08 bits per heavy atom. The standard InChI is InChI=1S/C37H50N4O8.C10H18O5.C9H17NO4.C8H15NO4.C4H9NO2.C3H7NO2.CH4.ClH/c1-21(23(3)42)14-33(46)30-17-24-9-11-31(44)28(16-24)29-19-25(10-12-32(29)45)35(34(47)15-22(2)36(48)40-30)41(5)37(49)26(8-6-7-13-38)18-27(43)20-39-4;1-9(2,3)14-7(11)13-8(12)15-10(4,5)6;1-9(2,3)14-8(12)10(4)6-7(11)13-5;1-8(2,3)13-7(12)9(4)5-6(10)11;1-5-3-4(6)7-2;1-6-3(5)2-4;;/h9-12,16,19,21-22,26,30,35,39,44-45H,6-8,13-15,17-18,20,38H2,1-5H3,(H,40,48);1-6H3;6H2,1-5H3;5H2,1-4H3,(H,10,11);5H,3H2,1-2H3;2,4H2,1H3;1H4;1H/t21-,22-,26-,30+,35+;;;;;;;/m1......./s1. The smallest absolute Gasteiger partial charge is 0.507 e. The van der Waals surface area contributed by atoms with Gasteiger partial charge in [-0.3, -0.25) is 47.9 Å². The predicted octanol–water partition coefficient (Wildman–Crippen LogP) is 7.40. The molecule has 1 aliphatic rings. The monoisotopic (exact) mass is 1530 g/mol. The van der Waals surface area contributed by atoms with E-state index < -0.39 is 106 Å². The van der Waals surface area contributed by atoms with E-state index >= 15 is 0 Å². The fraction of sp³-hybridized carbons (Fsp3) is 0.639. The van der Waals surface area contributed by atoms with Gasteiger partial charge in [0.2, 0.25) is 11.8 Å². The summed E-state index contributed by atoms with van der Waals surface area (Å²) in [5.74, 6) is -6.83. The lowest BCUT2D eigenvalue weighted by atomic mass is 9.87. The van der Waals surface area contributed by atoms with Crippen LogP contribution >= 0.6 is 12.4 Å². The number of amides is 4. The van der Waals surface area contributed by atoms with Crippen molar-refractivity contribution in [2.24, 2.45) is 29.2 Å². The molecule has 1 aliphatic heterocycles. The lowest BCUT2D eigenvalue weighted by molar-refractivity contribution is -0.144. The third-order valence-corrected chi connectivity index (χ3v) is 13.5. The zero-order valence-corrected chi connectivity index (χ0v) is 66.1. The highest BCUT2D eigenvalue weighted by Crippen LogP contribution is 2.40. The van der Waals surface area contributed by atoms with Gasteiger partial charge in [-0.05, 0) is 165 Å². The number of aliphatic carboxylic acids is 1. The van der Waals surface area contributed by atoms with Crippen molar-refractivity contribution in [2.45, 2.75) is 191 Å². The van der Waals surface area contributed by atoms with Gasteiger partial charge >= 0.3 is 48.4 Å². The number of phenolic OH excluding ortho intramolecular Hbond substituents is 2. The van der Waals surface area contributed by atoms with E-state index in [1.165, 1.54) is 78.6 Å². The second kappa shape index (κ2) is 52.0. The maximum absolute atomic E-state index is 14.2. The lowest BCUT2D eigenvalue weighted by Gasteiger charge is -2.32. The summed E-state index contributed by atoms with van der Waals surface area (Å²) >= 11 is 0. The fourth-order valence-electron chi connectivity index (χ4n) is 8.37.